The molecular formula is C11H6BrN3O3. The zero-order valence-corrected chi connectivity index (χ0v) is 10.5. The summed E-state index contributed by atoms with van der Waals surface area (Å²) in [6, 6.07) is 8.19. The Balaban J connectivity index is 2.34. The zero-order valence-electron chi connectivity index (χ0n) is 8.87. The van der Waals surface area contributed by atoms with Crippen LogP contribution in [0.25, 0.3) is 17.2 Å². The summed E-state index contributed by atoms with van der Waals surface area (Å²) in [6.07, 6.45) is 0. The van der Waals surface area contributed by atoms with Crippen molar-refractivity contribution in [2.24, 2.45) is 0 Å². The first-order valence-electron chi connectivity index (χ1n) is 5.00. The number of pyridine rings is 1. The van der Waals surface area contributed by atoms with Crippen molar-refractivity contribution in [3.05, 3.63) is 40.7 Å². The molecule has 1 N–H and O–H groups in total. The van der Waals surface area contributed by atoms with E-state index in [0.717, 1.165) is 0 Å². The molecule has 0 saturated heterocycles. The Morgan fingerprint density at radius 3 is 2.78 bits per heavy atom. The lowest BCUT2D eigenvalue weighted by atomic mass is 10.3. The van der Waals surface area contributed by atoms with E-state index in [4.69, 9.17) is 9.52 Å². The van der Waals surface area contributed by atoms with Gasteiger partial charge in [0.05, 0.1) is 0 Å². The van der Waals surface area contributed by atoms with Crippen LogP contribution in [0, 0.1) is 0 Å². The van der Waals surface area contributed by atoms with Gasteiger partial charge in [0.15, 0.2) is 16.1 Å². The maximum Gasteiger partial charge on any atom is 0.352 e. The first-order valence-corrected chi connectivity index (χ1v) is 5.79. The van der Waals surface area contributed by atoms with Crippen LogP contribution in [0.2, 0.25) is 0 Å². The molecule has 18 heavy (non-hydrogen) atoms. The van der Waals surface area contributed by atoms with Crippen LogP contribution < -0.4 is 0 Å². The lowest BCUT2D eigenvalue weighted by molar-refractivity contribution is 0.0689. The predicted molar refractivity (Wildman–Crippen MR) is 65.3 cm³/mol. The van der Waals surface area contributed by atoms with Gasteiger partial charge in [-0.25, -0.2) is 4.79 Å². The molecule has 0 radical (unpaired) electrons. The quantitative estimate of drug-likeness (QED) is 0.786. The van der Waals surface area contributed by atoms with Gasteiger partial charge in [-0.1, -0.05) is 6.07 Å². The fourth-order valence-corrected chi connectivity index (χ4v) is 2.01. The Bertz CT molecular complexity index is 747. The van der Waals surface area contributed by atoms with Gasteiger partial charge in [-0.05, 0) is 40.2 Å². The summed E-state index contributed by atoms with van der Waals surface area (Å²) in [6.45, 7) is 0. The van der Waals surface area contributed by atoms with Crippen molar-refractivity contribution in [2.75, 3.05) is 0 Å². The third-order valence-corrected chi connectivity index (χ3v) is 2.87. The van der Waals surface area contributed by atoms with E-state index in [1.54, 1.807) is 24.3 Å². The molecule has 90 valence electrons. The van der Waals surface area contributed by atoms with Crippen LogP contribution >= 0.6 is 15.9 Å². The molecule has 0 aliphatic rings. The first kappa shape index (κ1) is 11.0. The van der Waals surface area contributed by atoms with Gasteiger partial charge in [0.1, 0.15) is 5.69 Å². The maximum absolute atomic E-state index is 11.2. The Kier molecular flexibility index (Phi) is 2.41. The summed E-state index contributed by atoms with van der Waals surface area (Å²) >= 11 is 3.19. The number of carboxylic acid groups (broad SMARTS) is 1. The van der Waals surface area contributed by atoms with Crippen molar-refractivity contribution in [1.82, 2.24) is 14.6 Å². The zero-order chi connectivity index (χ0) is 12.7. The van der Waals surface area contributed by atoms with Gasteiger partial charge in [-0.2, -0.15) is 0 Å². The summed E-state index contributed by atoms with van der Waals surface area (Å²) in [7, 11) is 0. The van der Waals surface area contributed by atoms with Gasteiger partial charge in [0, 0.05) is 0 Å². The average Bonchev–Trinajstić information content (AvgIpc) is 2.94. The number of furan rings is 1. The summed E-state index contributed by atoms with van der Waals surface area (Å²) in [5, 5.41) is 17.0. The van der Waals surface area contributed by atoms with Crippen LogP contribution in [0.15, 0.2) is 39.4 Å². The molecule has 0 fully saturated rings. The Hall–Kier alpha value is -2.15. The number of nitrogens with zero attached hydrogens (tertiary/aromatic N) is 3. The Morgan fingerprint density at radius 2 is 2.11 bits per heavy atom. The van der Waals surface area contributed by atoms with Crippen LogP contribution in [0.3, 0.4) is 0 Å². The van der Waals surface area contributed by atoms with Crippen molar-refractivity contribution >= 4 is 27.5 Å². The molecule has 0 spiro atoms. The van der Waals surface area contributed by atoms with Gasteiger partial charge < -0.3 is 9.52 Å². The summed E-state index contributed by atoms with van der Waals surface area (Å²) < 4.78 is 7.35. The second kappa shape index (κ2) is 3.95. The van der Waals surface area contributed by atoms with E-state index < -0.39 is 5.97 Å². The van der Waals surface area contributed by atoms with Gasteiger partial charge in [0.25, 0.3) is 0 Å². The maximum atomic E-state index is 11.2. The van der Waals surface area contributed by atoms with E-state index in [1.807, 2.05) is 0 Å². The van der Waals surface area contributed by atoms with E-state index >= 15 is 0 Å². The highest BCUT2D eigenvalue weighted by molar-refractivity contribution is 9.10. The van der Waals surface area contributed by atoms with Crippen molar-refractivity contribution < 1.29 is 14.3 Å². The van der Waals surface area contributed by atoms with Gasteiger partial charge >= 0.3 is 5.97 Å². The predicted octanol–water partition coefficient (Wildman–Crippen LogP) is 2.45. The normalized spacial score (nSPS) is 10.9. The number of rotatable bonds is 2. The lowest BCUT2D eigenvalue weighted by Gasteiger charge is -2.01. The SMILES string of the molecule is O=C(O)c1cccc2nnc(-c3ccc(Br)o3)n12. The summed E-state index contributed by atoms with van der Waals surface area (Å²) in [4.78, 5) is 11.2. The smallest absolute Gasteiger partial charge is 0.352 e. The minimum atomic E-state index is -1.05. The second-order valence-electron chi connectivity index (χ2n) is 3.54. The highest BCUT2D eigenvalue weighted by atomic mass is 79.9. The van der Waals surface area contributed by atoms with Gasteiger partial charge in [-0.3, -0.25) is 4.40 Å². The molecule has 0 saturated carbocycles. The van der Waals surface area contributed by atoms with Gasteiger partial charge in [-0.15, -0.1) is 10.2 Å². The minimum Gasteiger partial charge on any atom is -0.477 e. The molecule has 7 heteroatoms. The molecule has 3 heterocycles. The number of fused-ring (bicyclic) bond motifs is 1. The van der Waals surface area contributed by atoms with Crippen LogP contribution in [0.4, 0.5) is 0 Å². The highest BCUT2D eigenvalue weighted by Gasteiger charge is 2.17. The number of carbonyl (C=O) groups is 1. The standard InChI is InChI=1S/C11H6BrN3O3/c12-8-5-4-7(18-8)10-14-13-9-3-1-2-6(11(16)17)15(9)10/h1-5H,(H,16,17). The lowest BCUT2D eigenvalue weighted by Crippen LogP contribution is -2.05. The number of halogens is 1. The number of aromatic nitrogens is 3. The third-order valence-electron chi connectivity index (χ3n) is 2.44. The fourth-order valence-electron chi connectivity index (χ4n) is 1.70. The molecule has 0 unspecified atom stereocenters. The largest absolute Gasteiger partial charge is 0.477 e. The van der Waals surface area contributed by atoms with E-state index in [-0.39, 0.29) is 5.69 Å². The van der Waals surface area contributed by atoms with E-state index in [9.17, 15) is 4.79 Å². The number of carboxylic acids is 1. The highest BCUT2D eigenvalue weighted by Crippen LogP contribution is 2.24. The molecular weight excluding hydrogens is 302 g/mol. The molecule has 3 aromatic rings. The van der Waals surface area contributed by atoms with Crippen LogP contribution in [-0.4, -0.2) is 25.7 Å². The molecule has 3 rings (SSSR count). The molecule has 3 aromatic heterocycles. The molecule has 0 aliphatic carbocycles. The molecule has 0 aliphatic heterocycles. The topological polar surface area (TPSA) is 80.6 Å². The number of aromatic carboxylic acids is 1. The molecule has 0 atom stereocenters. The number of hydrogen-bond donors (Lipinski definition) is 1. The Labute approximate surface area is 109 Å². The molecule has 0 aromatic carbocycles. The van der Waals surface area contributed by atoms with Crippen LogP contribution in [0.1, 0.15) is 10.5 Å². The van der Waals surface area contributed by atoms with E-state index in [2.05, 4.69) is 26.1 Å². The monoisotopic (exact) mass is 307 g/mol. The Morgan fingerprint density at radius 1 is 1.28 bits per heavy atom. The van der Waals surface area contributed by atoms with Gasteiger partial charge in [0.2, 0.25) is 5.82 Å². The van der Waals surface area contributed by atoms with Crippen molar-refractivity contribution in [3.8, 4) is 11.6 Å². The summed E-state index contributed by atoms with van der Waals surface area (Å²) in [5.74, 6) is -0.246. The van der Waals surface area contributed by atoms with Crippen molar-refractivity contribution in [1.29, 1.82) is 0 Å². The second-order valence-corrected chi connectivity index (χ2v) is 4.32. The van der Waals surface area contributed by atoms with Crippen molar-refractivity contribution in [3.63, 3.8) is 0 Å². The van der Waals surface area contributed by atoms with E-state index in [0.29, 0.717) is 21.9 Å². The van der Waals surface area contributed by atoms with Crippen LogP contribution in [0.5, 0.6) is 0 Å². The fraction of sp³-hybridized carbons (Fsp3) is 0. The molecule has 0 bridgehead atoms. The summed E-state index contributed by atoms with van der Waals surface area (Å²) in [5.41, 5.74) is 0.539. The third kappa shape index (κ3) is 1.60. The van der Waals surface area contributed by atoms with Crippen molar-refractivity contribution in [2.45, 2.75) is 0 Å². The average molecular weight is 308 g/mol. The molecule has 6 nitrogen and oxygen atoms in total. The minimum absolute atomic E-state index is 0.0834. The van der Waals surface area contributed by atoms with Crippen LogP contribution in [-0.2, 0) is 0 Å². The first-order chi connectivity index (χ1) is 8.66. The molecule has 0 amide bonds. The van der Waals surface area contributed by atoms with E-state index in [1.165, 1.54) is 10.5 Å². The number of hydrogen-bond acceptors (Lipinski definition) is 4.